The van der Waals surface area contributed by atoms with Crippen molar-refractivity contribution in [2.45, 2.75) is 25.7 Å². The van der Waals surface area contributed by atoms with Gasteiger partial charge in [-0.15, -0.1) is 0 Å². The van der Waals surface area contributed by atoms with E-state index in [1.165, 1.54) is 0 Å². The van der Waals surface area contributed by atoms with Crippen molar-refractivity contribution < 1.29 is 14.3 Å². The van der Waals surface area contributed by atoms with Crippen molar-refractivity contribution in [1.82, 2.24) is 0 Å². The van der Waals surface area contributed by atoms with Gasteiger partial charge in [0.1, 0.15) is 6.29 Å². The maximum atomic E-state index is 9.93. The van der Waals surface area contributed by atoms with Gasteiger partial charge in [-0.2, -0.15) is 0 Å². The zero-order valence-electron chi connectivity index (χ0n) is 5.37. The lowest BCUT2D eigenvalue weighted by Crippen LogP contribution is -2.10. The summed E-state index contributed by atoms with van der Waals surface area (Å²) in [6, 6.07) is 0. The molecule has 3 heteroatoms. The number of aldehydes is 1. The third kappa shape index (κ3) is 1.77. The SMILES string of the molecule is CC1OCC(CC=O)O1. The summed E-state index contributed by atoms with van der Waals surface area (Å²) in [6.45, 7) is 2.38. The minimum absolute atomic E-state index is 0.00231. The first-order chi connectivity index (χ1) is 4.33. The molecule has 0 bridgehead atoms. The Balaban J connectivity index is 2.21. The minimum atomic E-state index is -0.130. The standard InChI is InChI=1S/C6H10O3/c1-5-8-4-6(9-5)2-3-7/h3,5-6H,2,4H2,1H3. The summed E-state index contributed by atoms with van der Waals surface area (Å²) in [7, 11) is 0. The number of carbonyl (C=O) groups excluding carboxylic acids is 1. The molecule has 1 saturated heterocycles. The second-order valence-electron chi connectivity index (χ2n) is 2.06. The first-order valence-electron chi connectivity index (χ1n) is 3.03. The van der Waals surface area contributed by atoms with E-state index in [4.69, 9.17) is 9.47 Å². The highest BCUT2D eigenvalue weighted by Gasteiger charge is 2.21. The van der Waals surface area contributed by atoms with Crippen LogP contribution in [0, 0.1) is 0 Å². The van der Waals surface area contributed by atoms with Crippen LogP contribution in [0.25, 0.3) is 0 Å². The number of ether oxygens (including phenoxy) is 2. The van der Waals surface area contributed by atoms with Gasteiger partial charge in [0, 0.05) is 6.42 Å². The van der Waals surface area contributed by atoms with E-state index in [2.05, 4.69) is 0 Å². The fourth-order valence-electron chi connectivity index (χ4n) is 0.823. The number of rotatable bonds is 2. The Morgan fingerprint density at radius 3 is 3.00 bits per heavy atom. The predicted molar refractivity (Wildman–Crippen MR) is 31.0 cm³/mol. The van der Waals surface area contributed by atoms with Gasteiger partial charge in [-0.05, 0) is 6.92 Å². The molecule has 9 heavy (non-hydrogen) atoms. The third-order valence-corrected chi connectivity index (χ3v) is 1.26. The topological polar surface area (TPSA) is 35.5 Å². The average Bonchev–Trinajstić information content (AvgIpc) is 2.17. The minimum Gasteiger partial charge on any atom is -0.350 e. The summed E-state index contributed by atoms with van der Waals surface area (Å²) in [6.07, 6.45) is 1.17. The van der Waals surface area contributed by atoms with Crippen LogP contribution < -0.4 is 0 Å². The number of hydrogen-bond acceptors (Lipinski definition) is 3. The highest BCUT2D eigenvalue weighted by Crippen LogP contribution is 2.11. The van der Waals surface area contributed by atoms with Gasteiger partial charge in [-0.3, -0.25) is 0 Å². The first kappa shape index (κ1) is 6.71. The summed E-state index contributed by atoms with van der Waals surface area (Å²) in [5.74, 6) is 0. The van der Waals surface area contributed by atoms with Crippen molar-refractivity contribution in [3.05, 3.63) is 0 Å². The van der Waals surface area contributed by atoms with Crippen molar-refractivity contribution in [2.75, 3.05) is 6.61 Å². The highest BCUT2D eigenvalue weighted by molar-refractivity contribution is 5.50. The Labute approximate surface area is 53.9 Å². The lowest BCUT2D eigenvalue weighted by Gasteiger charge is -2.01. The van der Waals surface area contributed by atoms with Crippen molar-refractivity contribution in [1.29, 1.82) is 0 Å². The van der Waals surface area contributed by atoms with Gasteiger partial charge in [-0.1, -0.05) is 0 Å². The summed E-state index contributed by atoms with van der Waals surface area (Å²) >= 11 is 0. The number of hydrogen-bond donors (Lipinski definition) is 0. The van der Waals surface area contributed by atoms with E-state index >= 15 is 0 Å². The van der Waals surface area contributed by atoms with E-state index in [9.17, 15) is 4.79 Å². The smallest absolute Gasteiger partial charge is 0.155 e. The monoisotopic (exact) mass is 130 g/mol. The van der Waals surface area contributed by atoms with Crippen LogP contribution in [0.4, 0.5) is 0 Å². The highest BCUT2D eigenvalue weighted by atomic mass is 16.7. The molecule has 0 N–H and O–H groups in total. The van der Waals surface area contributed by atoms with Crippen LogP contribution in [-0.2, 0) is 14.3 Å². The maximum absolute atomic E-state index is 9.93. The molecule has 3 nitrogen and oxygen atoms in total. The zero-order chi connectivity index (χ0) is 6.69. The number of carbonyl (C=O) groups is 1. The molecule has 0 aliphatic carbocycles. The molecule has 0 aromatic carbocycles. The summed E-state index contributed by atoms with van der Waals surface area (Å²) in [5.41, 5.74) is 0. The van der Waals surface area contributed by atoms with Crippen molar-refractivity contribution in [3.8, 4) is 0 Å². The summed E-state index contributed by atoms with van der Waals surface area (Å²) < 4.78 is 10.2. The molecule has 0 spiro atoms. The molecular weight excluding hydrogens is 120 g/mol. The van der Waals surface area contributed by atoms with Gasteiger partial charge in [0.2, 0.25) is 0 Å². The molecule has 1 aliphatic rings. The van der Waals surface area contributed by atoms with Crippen LogP contribution in [-0.4, -0.2) is 25.3 Å². The molecular formula is C6H10O3. The zero-order valence-corrected chi connectivity index (χ0v) is 5.37. The van der Waals surface area contributed by atoms with Gasteiger partial charge in [0.15, 0.2) is 6.29 Å². The van der Waals surface area contributed by atoms with Gasteiger partial charge in [0.05, 0.1) is 12.7 Å². The molecule has 0 saturated carbocycles. The molecule has 1 fully saturated rings. The second-order valence-corrected chi connectivity index (χ2v) is 2.06. The molecule has 0 aromatic rings. The fraction of sp³-hybridized carbons (Fsp3) is 0.833. The Kier molecular flexibility index (Phi) is 2.19. The predicted octanol–water partition coefficient (Wildman–Crippen LogP) is 0.337. The van der Waals surface area contributed by atoms with E-state index < -0.39 is 0 Å². The average molecular weight is 130 g/mol. The molecule has 52 valence electrons. The quantitative estimate of drug-likeness (QED) is 0.505. The van der Waals surface area contributed by atoms with Crippen LogP contribution in [0.15, 0.2) is 0 Å². The molecule has 1 heterocycles. The Hall–Kier alpha value is -0.410. The summed E-state index contributed by atoms with van der Waals surface area (Å²) in [5, 5.41) is 0. The van der Waals surface area contributed by atoms with Crippen molar-refractivity contribution >= 4 is 6.29 Å². The summed E-state index contributed by atoms with van der Waals surface area (Å²) in [4.78, 5) is 9.93. The van der Waals surface area contributed by atoms with Crippen LogP contribution in [0.2, 0.25) is 0 Å². The molecule has 0 radical (unpaired) electrons. The van der Waals surface area contributed by atoms with E-state index in [-0.39, 0.29) is 12.4 Å². The van der Waals surface area contributed by atoms with E-state index in [1.807, 2.05) is 6.92 Å². The maximum Gasteiger partial charge on any atom is 0.155 e. The fourth-order valence-corrected chi connectivity index (χ4v) is 0.823. The van der Waals surface area contributed by atoms with Crippen LogP contribution in [0.5, 0.6) is 0 Å². The Bertz CT molecular complexity index is 102. The molecule has 2 atom stereocenters. The van der Waals surface area contributed by atoms with Gasteiger partial charge in [-0.25, -0.2) is 0 Å². The molecule has 0 amide bonds. The molecule has 1 aliphatic heterocycles. The molecule has 1 rings (SSSR count). The molecule has 0 aromatic heterocycles. The molecule has 2 unspecified atom stereocenters. The Morgan fingerprint density at radius 1 is 1.78 bits per heavy atom. The van der Waals surface area contributed by atoms with Crippen molar-refractivity contribution in [3.63, 3.8) is 0 Å². The normalized spacial score (nSPS) is 34.8. The Morgan fingerprint density at radius 2 is 2.56 bits per heavy atom. The van der Waals surface area contributed by atoms with Gasteiger partial charge < -0.3 is 14.3 Å². The lowest BCUT2D eigenvalue weighted by atomic mass is 10.3. The largest absolute Gasteiger partial charge is 0.350 e. The second kappa shape index (κ2) is 2.94. The van der Waals surface area contributed by atoms with Crippen LogP contribution >= 0.6 is 0 Å². The van der Waals surface area contributed by atoms with E-state index in [0.29, 0.717) is 13.0 Å². The third-order valence-electron chi connectivity index (χ3n) is 1.26. The van der Waals surface area contributed by atoms with Gasteiger partial charge >= 0.3 is 0 Å². The van der Waals surface area contributed by atoms with Crippen molar-refractivity contribution in [2.24, 2.45) is 0 Å². The van der Waals surface area contributed by atoms with Crippen LogP contribution in [0.3, 0.4) is 0 Å². The van der Waals surface area contributed by atoms with Crippen LogP contribution in [0.1, 0.15) is 13.3 Å². The lowest BCUT2D eigenvalue weighted by molar-refractivity contribution is -0.110. The van der Waals surface area contributed by atoms with E-state index in [1.54, 1.807) is 0 Å². The first-order valence-corrected chi connectivity index (χ1v) is 3.03. The van der Waals surface area contributed by atoms with Gasteiger partial charge in [0.25, 0.3) is 0 Å². The van der Waals surface area contributed by atoms with E-state index in [0.717, 1.165) is 6.29 Å².